The highest BCUT2D eigenvalue weighted by Crippen LogP contribution is 2.33. The number of nitrogens with zero attached hydrogens (tertiary/aromatic N) is 1. The second-order valence-electron chi connectivity index (χ2n) is 8.12. The Labute approximate surface area is 196 Å². The number of aliphatic hydroxyl groups is 1. The van der Waals surface area contributed by atoms with Gasteiger partial charge in [0.15, 0.2) is 0 Å². The third-order valence-electron chi connectivity index (χ3n) is 5.81. The van der Waals surface area contributed by atoms with Crippen LogP contribution >= 0.6 is 28.3 Å². The van der Waals surface area contributed by atoms with E-state index >= 15 is 0 Å². The zero-order valence-corrected chi connectivity index (χ0v) is 20.6. The number of unbranched alkanes of at least 4 members (excludes halogenated alkanes) is 4. The number of rotatable bonds is 11. The molecule has 164 valence electrons. The maximum atomic E-state index is 11.0. The summed E-state index contributed by atoms with van der Waals surface area (Å²) in [6.07, 6.45) is 6.97. The Balaban J connectivity index is 0.00000320. The van der Waals surface area contributed by atoms with Crippen molar-refractivity contribution < 1.29 is 5.11 Å². The van der Waals surface area contributed by atoms with Crippen molar-refractivity contribution in [2.45, 2.75) is 58.5 Å². The van der Waals surface area contributed by atoms with Gasteiger partial charge in [0.05, 0.1) is 6.10 Å². The lowest BCUT2D eigenvalue weighted by molar-refractivity contribution is 0.110. The summed E-state index contributed by atoms with van der Waals surface area (Å²) in [4.78, 5) is 2.46. The molecule has 0 radical (unpaired) electrons. The highest BCUT2D eigenvalue weighted by atomic mass is 79.9. The second kappa shape index (κ2) is 12.7. The Morgan fingerprint density at radius 1 is 0.833 bits per heavy atom. The van der Waals surface area contributed by atoms with Crippen molar-refractivity contribution in [2.75, 3.05) is 19.6 Å². The van der Waals surface area contributed by atoms with E-state index in [4.69, 9.17) is 0 Å². The fraction of sp³-hybridized carbons (Fsp3) is 0.462. The topological polar surface area (TPSA) is 23.5 Å². The Hall–Kier alpha value is -1.13. The minimum Gasteiger partial charge on any atom is -0.387 e. The summed E-state index contributed by atoms with van der Waals surface area (Å²) in [7, 11) is 0. The number of hydrogen-bond donors (Lipinski definition) is 1. The van der Waals surface area contributed by atoms with Crippen LogP contribution in [0.5, 0.6) is 0 Å². The van der Waals surface area contributed by atoms with Gasteiger partial charge in [-0.25, -0.2) is 0 Å². The molecule has 3 aromatic carbocycles. The van der Waals surface area contributed by atoms with Crippen LogP contribution in [0.15, 0.2) is 53.0 Å². The summed E-state index contributed by atoms with van der Waals surface area (Å²) in [5.74, 6) is 0. The van der Waals surface area contributed by atoms with Gasteiger partial charge in [-0.1, -0.05) is 91.9 Å². The molecule has 3 aromatic rings. The summed E-state index contributed by atoms with van der Waals surface area (Å²) < 4.78 is 1.12. The van der Waals surface area contributed by atoms with Gasteiger partial charge in [-0.3, -0.25) is 0 Å². The lowest BCUT2D eigenvalue weighted by Crippen LogP contribution is -2.30. The monoisotopic (exact) mass is 491 g/mol. The third kappa shape index (κ3) is 6.43. The van der Waals surface area contributed by atoms with E-state index in [-0.39, 0.29) is 12.4 Å². The van der Waals surface area contributed by atoms with Crippen LogP contribution in [0.25, 0.3) is 21.5 Å². The minimum absolute atomic E-state index is 0. The van der Waals surface area contributed by atoms with E-state index in [0.29, 0.717) is 6.54 Å². The number of hydrogen-bond acceptors (Lipinski definition) is 2. The molecule has 2 nitrogen and oxygen atoms in total. The summed E-state index contributed by atoms with van der Waals surface area (Å²) in [6.45, 7) is 7.37. The van der Waals surface area contributed by atoms with Crippen LogP contribution in [-0.2, 0) is 0 Å². The van der Waals surface area contributed by atoms with E-state index in [1.54, 1.807) is 0 Å². The molecular weight excluding hydrogens is 458 g/mol. The minimum atomic E-state index is -0.454. The van der Waals surface area contributed by atoms with Gasteiger partial charge in [-0.05, 0) is 65.2 Å². The highest BCUT2D eigenvalue weighted by molar-refractivity contribution is 9.10. The average molecular weight is 493 g/mol. The number of fused-ring (bicyclic) bond motifs is 3. The molecule has 0 fully saturated rings. The van der Waals surface area contributed by atoms with E-state index in [1.165, 1.54) is 60.1 Å². The first-order chi connectivity index (χ1) is 14.1. The van der Waals surface area contributed by atoms with Gasteiger partial charge in [0.1, 0.15) is 0 Å². The molecule has 0 bridgehead atoms. The van der Waals surface area contributed by atoms with Gasteiger partial charge in [-0.15, -0.1) is 12.4 Å². The maximum absolute atomic E-state index is 11.0. The molecule has 0 spiro atoms. The maximum Gasteiger partial charge on any atom is 0.0917 e. The molecular formula is C26H35BrClNO. The molecule has 0 heterocycles. The Kier molecular flexibility index (Phi) is 10.6. The number of benzene rings is 3. The molecule has 0 aliphatic carbocycles. The predicted molar refractivity (Wildman–Crippen MR) is 137 cm³/mol. The van der Waals surface area contributed by atoms with Crippen LogP contribution in [0.3, 0.4) is 0 Å². The van der Waals surface area contributed by atoms with Crippen molar-refractivity contribution in [3.05, 3.63) is 58.6 Å². The zero-order valence-electron chi connectivity index (χ0n) is 18.2. The van der Waals surface area contributed by atoms with Crippen molar-refractivity contribution in [2.24, 2.45) is 0 Å². The van der Waals surface area contributed by atoms with Crippen LogP contribution in [0.2, 0.25) is 0 Å². The fourth-order valence-electron chi connectivity index (χ4n) is 4.10. The van der Waals surface area contributed by atoms with Gasteiger partial charge in [-0.2, -0.15) is 0 Å². The van der Waals surface area contributed by atoms with E-state index in [1.807, 2.05) is 0 Å². The lowest BCUT2D eigenvalue weighted by atomic mass is 9.98. The molecule has 30 heavy (non-hydrogen) atoms. The molecule has 4 heteroatoms. The van der Waals surface area contributed by atoms with E-state index in [0.717, 1.165) is 23.1 Å². The summed E-state index contributed by atoms with van der Waals surface area (Å²) in [5, 5.41) is 15.9. The summed E-state index contributed by atoms with van der Waals surface area (Å²) in [6, 6.07) is 17.1. The number of halogens is 2. The van der Waals surface area contributed by atoms with E-state index in [9.17, 15) is 5.11 Å². The Bertz CT molecular complexity index is 919. The van der Waals surface area contributed by atoms with Crippen molar-refractivity contribution >= 4 is 49.9 Å². The highest BCUT2D eigenvalue weighted by Gasteiger charge is 2.15. The number of aliphatic hydroxyl groups excluding tert-OH is 1. The molecule has 3 rings (SSSR count). The van der Waals surface area contributed by atoms with Gasteiger partial charge < -0.3 is 10.0 Å². The van der Waals surface area contributed by atoms with Gasteiger partial charge >= 0.3 is 0 Å². The first kappa shape index (κ1) is 25.1. The summed E-state index contributed by atoms with van der Waals surface area (Å²) in [5.41, 5.74) is 1.01. The third-order valence-corrected chi connectivity index (χ3v) is 6.46. The van der Waals surface area contributed by atoms with Gasteiger partial charge in [0, 0.05) is 11.0 Å². The molecule has 1 N–H and O–H groups in total. The standard InChI is InChI=1S/C26H34BrNO.ClH/c1-3-5-9-15-28(16-10-6-4-2)19-26(29)21-14-13-20-18-25(27)23-12-8-7-11-22(23)24(20)17-21;/h7-8,11-14,17-18,26,29H,3-6,9-10,15-16,19H2,1-2H3;1H. The van der Waals surface area contributed by atoms with E-state index < -0.39 is 6.10 Å². The quantitative estimate of drug-likeness (QED) is 0.217. The van der Waals surface area contributed by atoms with Crippen molar-refractivity contribution in [3.8, 4) is 0 Å². The van der Waals surface area contributed by atoms with Crippen LogP contribution < -0.4 is 0 Å². The fourth-order valence-corrected chi connectivity index (χ4v) is 4.69. The Morgan fingerprint density at radius 2 is 1.47 bits per heavy atom. The van der Waals surface area contributed by atoms with Crippen LogP contribution in [0.4, 0.5) is 0 Å². The smallest absolute Gasteiger partial charge is 0.0917 e. The SMILES string of the molecule is CCCCCN(CCCCC)CC(O)c1ccc2cc(Br)c3ccccc3c2c1.Cl. The predicted octanol–water partition coefficient (Wildman–Crippen LogP) is 7.89. The molecule has 0 saturated heterocycles. The molecule has 0 saturated carbocycles. The van der Waals surface area contributed by atoms with Crippen LogP contribution in [0.1, 0.15) is 64.0 Å². The largest absolute Gasteiger partial charge is 0.387 e. The first-order valence-electron chi connectivity index (χ1n) is 11.1. The summed E-state index contributed by atoms with van der Waals surface area (Å²) >= 11 is 3.70. The van der Waals surface area contributed by atoms with Gasteiger partial charge in [0.25, 0.3) is 0 Å². The molecule has 0 aromatic heterocycles. The Morgan fingerprint density at radius 3 is 2.10 bits per heavy atom. The normalized spacial score (nSPS) is 12.4. The molecule has 0 aliphatic heterocycles. The average Bonchev–Trinajstić information content (AvgIpc) is 2.74. The molecule has 0 aliphatic rings. The van der Waals surface area contributed by atoms with Gasteiger partial charge in [0.2, 0.25) is 0 Å². The van der Waals surface area contributed by atoms with Crippen LogP contribution in [0, 0.1) is 0 Å². The first-order valence-corrected chi connectivity index (χ1v) is 11.9. The van der Waals surface area contributed by atoms with E-state index in [2.05, 4.69) is 83.2 Å². The zero-order chi connectivity index (χ0) is 20.6. The van der Waals surface area contributed by atoms with Crippen molar-refractivity contribution in [3.63, 3.8) is 0 Å². The van der Waals surface area contributed by atoms with Crippen molar-refractivity contribution in [1.82, 2.24) is 4.90 Å². The lowest BCUT2D eigenvalue weighted by Gasteiger charge is -2.25. The van der Waals surface area contributed by atoms with Crippen LogP contribution in [-0.4, -0.2) is 29.6 Å². The van der Waals surface area contributed by atoms with Crippen molar-refractivity contribution in [1.29, 1.82) is 0 Å². The molecule has 1 atom stereocenters. The second-order valence-corrected chi connectivity index (χ2v) is 8.97. The molecule has 0 amide bonds. The molecule has 1 unspecified atom stereocenters.